The molecule has 1 atom stereocenters. The van der Waals surface area contributed by atoms with Crippen LogP contribution in [0.1, 0.15) is 12.5 Å². The average molecular weight is 301 g/mol. The van der Waals surface area contributed by atoms with Crippen LogP contribution in [-0.2, 0) is 19.6 Å². The fourth-order valence-electron chi connectivity index (χ4n) is 0.983. The number of hydrogen-bond acceptors (Lipinski definition) is 5. The third-order valence-corrected chi connectivity index (χ3v) is 2.90. The molecule has 0 saturated carbocycles. The summed E-state index contributed by atoms with van der Waals surface area (Å²) in [6.45, 7) is 7.03. The van der Waals surface area contributed by atoms with Crippen molar-refractivity contribution < 1.29 is 22.5 Å². The lowest BCUT2D eigenvalue weighted by molar-refractivity contribution is -0.143. The molecule has 1 unspecified atom stereocenters. The number of ether oxygens (including phenoxy) is 1. The van der Waals surface area contributed by atoms with Crippen molar-refractivity contribution in [1.82, 2.24) is 0 Å². The van der Waals surface area contributed by atoms with E-state index in [4.69, 9.17) is 10.3 Å². The maximum atomic E-state index is 10.5. The van der Waals surface area contributed by atoms with Crippen molar-refractivity contribution in [3.63, 3.8) is 0 Å². The zero-order valence-electron chi connectivity index (χ0n) is 11.4. The van der Waals surface area contributed by atoms with Crippen LogP contribution < -0.4 is 5.73 Å². The first-order valence-electron chi connectivity index (χ1n) is 5.75. The van der Waals surface area contributed by atoms with E-state index in [1.165, 1.54) is 18.2 Å². The van der Waals surface area contributed by atoms with E-state index in [-0.39, 0.29) is 11.5 Å². The van der Waals surface area contributed by atoms with E-state index in [0.717, 1.165) is 5.56 Å². The van der Waals surface area contributed by atoms with Gasteiger partial charge < -0.3 is 10.5 Å². The third-order valence-electron chi connectivity index (χ3n) is 2.03. The van der Waals surface area contributed by atoms with E-state index in [0.29, 0.717) is 0 Å². The van der Waals surface area contributed by atoms with Gasteiger partial charge in [0.15, 0.2) is 0 Å². The molecule has 1 aromatic rings. The normalized spacial score (nSPS) is 11.8. The highest BCUT2D eigenvalue weighted by Crippen LogP contribution is 2.08. The molecule has 0 aliphatic heterocycles. The molecule has 7 heteroatoms. The molecule has 20 heavy (non-hydrogen) atoms. The van der Waals surface area contributed by atoms with Crippen LogP contribution in [0.4, 0.5) is 0 Å². The van der Waals surface area contributed by atoms with Gasteiger partial charge in [-0.25, -0.2) is 0 Å². The lowest BCUT2D eigenvalue weighted by atomic mass is 10.2. The Morgan fingerprint density at radius 1 is 1.45 bits per heavy atom. The largest absolute Gasteiger partial charge is 0.460 e. The number of esters is 1. The molecule has 112 valence electrons. The summed E-state index contributed by atoms with van der Waals surface area (Å²) < 4.78 is 34.1. The average Bonchev–Trinajstić information content (AvgIpc) is 2.36. The van der Waals surface area contributed by atoms with E-state index in [9.17, 15) is 13.2 Å². The van der Waals surface area contributed by atoms with Gasteiger partial charge in [-0.3, -0.25) is 9.35 Å². The number of carbonyl (C=O) groups is 1. The first kappa shape index (κ1) is 18.3. The van der Waals surface area contributed by atoms with E-state index < -0.39 is 22.1 Å². The molecule has 0 bridgehead atoms. The molecule has 1 rings (SSSR count). The van der Waals surface area contributed by atoms with Crippen LogP contribution in [0.3, 0.4) is 0 Å². The van der Waals surface area contributed by atoms with Crippen molar-refractivity contribution in [2.24, 2.45) is 5.73 Å². The number of carbonyl (C=O) groups excluding carboxylic acids is 1. The monoisotopic (exact) mass is 301 g/mol. The number of rotatable bonds is 4. The maximum Gasteiger partial charge on any atom is 0.322 e. The van der Waals surface area contributed by atoms with E-state index >= 15 is 0 Å². The van der Waals surface area contributed by atoms with Crippen LogP contribution in [-0.4, -0.2) is 31.6 Å². The van der Waals surface area contributed by atoms with E-state index in [1.807, 2.05) is 6.92 Å². The second kappa shape index (κ2) is 8.47. The summed E-state index contributed by atoms with van der Waals surface area (Å²) >= 11 is 0. The molecule has 0 aromatic heterocycles. The molecule has 6 nitrogen and oxygen atoms in total. The third kappa shape index (κ3) is 7.67. The Labute approximate surface area is 119 Å². The van der Waals surface area contributed by atoms with Crippen LogP contribution in [0.15, 0.2) is 41.8 Å². The van der Waals surface area contributed by atoms with Gasteiger partial charge in [-0.1, -0.05) is 30.4 Å². The molecule has 0 radical (unpaired) electrons. The van der Waals surface area contributed by atoms with Crippen LogP contribution in [0.2, 0.25) is 0 Å². The Hall–Kier alpha value is -1.70. The zero-order chi connectivity index (χ0) is 15.8. The lowest BCUT2D eigenvalue weighted by Gasteiger charge is -2.02. The van der Waals surface area contributed by atoms with E-state index in [1.54, 1.807) is 19.1 Å². The first-order valence-corrected chi connectivity index (χ1v) is 7.19. The SMILES string of the molecule is C=CCOC(=O)C(C)N.Cc1ccc(S(=O)(=O)O)cc1. The molecule has 0 saturated heterocycles. The van der Waals surface area contributed by atoms with Crippen molar-refractivity contribution in [2.75, 3.05) is 6.61 Å². The van der Waals surface area contributed by atoms with Gasteiger partial charge >= 0.3 is 5.97 Å². The molecule has 0 fully saturated rings. The van der Waals surface area contributed by atoms with Gasteiger partial charge in [-0.2, -0.15) is 8.42 Å². The van der Waals surface area contributed by atoms with Crippen molar-refractivity contribution in [2.45, 2.75) is 24.8 Å². The number of benzene rings is 1. The second-order valence-corrected chi connectivity index (χ2v) is 5.42. The Balaban J connectivity index is 0.000000370. The smallest absolute Gasteiger partial charge is 0.322 e. The minimum Gasteiger partial charge on any atom is -0.460 e. The van der Waals surface area contributed by atoms with Gasteiger partial charge in [0.05, 0.1) is 4.90 Å². The second-order valence-electron chi connectivity index (χ2n) is 4.00. The lowest BCUT2D eigenvalue weighted by Crippen LogP contribution is -2.28. The molecule has 3 N–H and O–H groups in total. The Morgan fingerprint density at radius 2 is 1.95 bits per heavy atom. The van der Waals surface area contributed by atoms with Crippen LogP contribution in [0.25, 0.3) is 0 Å². The molecule has 0 aliphatic carbocycles. The van der Waals surface area contributed by atoms with Crippen molar-refractivity contribution >= 4 is 16.1 Å². The van der Waals surface area contributed by atoms with Crippen LogP contribution >= 0.6 is 0 Å². The molecule has 0 amide bonds. The van der Waals surface area contributed by atoms with Gasteiger partial charge in [-0.15, -0.1) is 0 Å². The summed E-state index contributed by atoms with van der Waals surface area (Å²) in [4.78, 5) is 10.4. The first-order chi connectivity index (χ1) is 9.18. The van der Waals surface area contributed by atoms with Crippen molar-refractivity contribution in [3.05, 3.63) is 42.5 Å². The van der Waals surface area contributed by atoms with Crippen molar-refractivity contribution in [3.8, 4) is 0 Å². The Morgan fingerprint density at radius 3 is 2.30 bits per heavy atom. The van der Waals surface area contributed by atoms with Gasteiger partial charge in [0, 0.05) is 0 Å². The minimum atomic E-state index is -4.02. The minimum absolute atomic E-state index is 0.0666. The zero-order valence-corrected chi connectivity index (χ0v) is 12.3. The maximum absolute atomic E-state index is 10.5. The highest BCUT2D eigenvalue weighted by molar-refractivity contribution is 7.85. The predicted molar refractivity (Wildman–Crippen MR) is 75.8 cm³/mol. The summed E-state index contributed by atoms with van der Waals surface area (Å²) in [5.41, 5.74) is 6.12. The summed E-state index contributed by atoms with van der Waals surface area (Å²) in [7, 11) is -4.02. The Kier molecular flexibility index (Phi) is 7.75. The summed E-state index contributed by atoms with van der Waals surface area (Å²) in [5, 5.41) is 0. The summed E-state index contributed by atoms with van der Waals surface area (Å²) in [6, 6.07) is 5.45. The topological polar surface area (TPSA) is 107 Å². The van der Waals surface area contributed by atoms with Gasteiger partial charge in [0.1, 0.15) is 12.6 Å². The molecule has 1 aromatic carbocycles. The van der Waals surface area contributed by atoms with Gasteiger partial charge in [0.25, 0.3) is 10.1 Å². The number of nitrogens with two attached hydrogens (primary N) is 1. The molecule has 0 aliphatic rings. The van der Waals surface area contributed by atoms with Crippen LogP contribution in [0.5, 0.6) is 0 Å². The standard InChI is InChI=1S/C7H8O3S.C6H11NO2/c1-6-2-4-7(5-3-6)11(8,9)10;1-3-4-9-6(8)5(2)7/h2-5H,1H3,(H,8,9,10);3,5H,1,4,7H2,2H3. The fourth-order valence-corrected chi connectivity index (χ4v) is 1.46. The molecular weight excluding hydrogens is 282 g/mol. The molecule has 0 heterocycles. The highest BCUT2D eigenvalue weighted by Gasteiger charge is 2.07. The molecule has 0 spiro atoms. The number of hydrogen-bond donors (Lipinski definition) is 2. The summed E-state index contributed by atoms with van der Waals surface area (Å²) in [5.74, 6) is -0.394. The predicted octanol–water partition coefficient (Wildman–Crippen LogP) is 1.30. The Bertz CT molecular complexity index is 534. The van der Waals surface area contributed by atoms with Gasteiger partial charge in [0.2, 0.25) is 0 Å². The summed E-state index contributed by atoms with van der Waals surface area (Å²) in [6.07, 6.45) is 1.50. The van der Waals surface area contributed by atoms with Gasteiger partial charge in [-0.05, 0) is 26.0 Å². The van der Waals surface area contributed by atoms with Crippen molar-refractivity contribution in [1.29, 1.82) is 0 Å². The quantitative estimate of drug-likeness (QED) is 0.493. The van der Waals surface area contributed by atoms with Crippen LogP contribution in [0, 0.1) is 6.92 Å². The molecular formula is C13H19NO5S. The highest BCUT2D eigenvalue weighted by atomic mass is 32.2. The van der Waals surface area contributed by atoms with E-state index in [2.05, 4.69) is 11.3 Å². The number of aryl methyl sites for hydroxylation is 1. The fraction of sp³-hybridized carbons (Fsp3) is 0.308.